The molecule has 5 nitrogen and oxygen atoms in total. The average Bonchev–Trinajstić information content (AvgIpc) is 3.09. The number of pyridine rings is 1. The van der Waals surface area contributed by atoms with Crippen molar-refractivity contribution in [1.82, 2.24) is 15.3 Å². The van der Waals surface area contributed by atoms with E-state index in [1.165, 1.54) is 0 Å². The van der Waals surface area contributed by atoms with Gasteiger partial charge in [0, 0.05) is 29.9 Å². The standard InChI is InChI=1S/C15H17N3O2S/c1-10-17-12(9-21-10)7-14(19)18-13-4-6-20-15(13)11-3-2-5-16-8-11/h2-3,5,8-9,13,15H,4,6-7H2,1H3,(H,18,19)/t13-,15+/m0/s1. The Kier molecular flexibility index (Phi) is 4.26. The van der Waals surface area contributed by atoms with Crippen molar-refractivity contribution in [2.24, 2.45) is 0 Å². The average molecular weight is 303 g/mol. The molecule has 1 aliphatic rings. The van der Waals surface area contributed by atoms with E-state index in [1.54, 1.807) is 23.7 Å². The molecule has 0 spiro atoms. The number of nitrogens with zero attached hydrogens (tertiary/aromatic N) is 2. The van der Waals surface area contributed by atoms with Crippen LogP contribution in [0, 0.1) is 6.92 Å². The molecule has 110 valence electrons. The van der Waals surface area contributed by atoms with Crippen LogP contribution in [0.25, 0.3) is 0 Å². The summed E-state index contributed by atoms with van der Waals surface area (Å²) in [5.74, 6) is -0.00955. The van der Waals surface area contributed by atoms with Gasteiger partial charge in [-0.3, -0.25) is 9.78 Å². The molecule has 6 heteroatoms. The Hall–Kier alpha value is -1.79. The number of thiazole rings is 1. The molecule has 1 aliphatic heterocycles. The number of amides is 1. The highest BCUT2D eigenvalue weighted by Crippen LogP contribution is 2.28. The van der Waals surface area contributed by atoms with Crippen molar-refractivity contribution >= 4 is 17.2 Å². The second-order valence-electron chi connectivity index (χ2n) is 5.08. The van der Waals surface area contributed by atoms with Crippen LogP contribution >= 0.6 is 11.3 Å². The Bertz CT molecular complexity index is 614. The number of aryl methyl sites for hydroxylation is 1. The highest BCUT2D eigenvalue weighted by Gasteiger charge is 2.31. The third kappa shape index (κ3) is 3.46. The van der Waals surface area contributed by atoms with Gasteiger partial charge in [0.2, 0.25) is 5.91 Å². The molecular weight excluding hydrogens is 286 g/mol. The summed E-state index contributed by atoms with van der Waals surface area (Å²) in [6.45, 7) is 2.59. The Morgan fingerprint density at radius 2 is 2.48 bits per heavy atom. The first-order valence-electron chi connectivity index (χ1n) is 6.94. The highest BCUT2D eigenvalue weighted by molar-refractivity contribution is 7.09. The van der Waals surface area contributed by atoms with Crippen molar-refractivity contribution in [3.63, 3.8) is 0 Å². The zero-order valence-corrected chi connectivity index (χ0v) is 12.6. The van der Waals surface area contributed by atoms with E-state index in [2.05, 4.69) is 15.3 Å². The molecule has 0 saturated carbocycles. The maximum Gasteiger partial charge on any atom is 0.226 e. The smallest absolute Gasteiger partial charge is 0.226 e. The molecule has 3 rings (SSSR count). The fraction of sp³-hybridized carbons (Fsp3) is 0.400. The summed E-state index contributed by atoms with van der Waals surface area (Å²) in [6, 6.07) is 3.86. The fourth-order valence-electron chi connectivity index (χ4n) is 2.52. The molecule has 0 aliphatic carbocycles. The number of aromatic nitrogens is 2. The highest BCUT2D eigenvalue weighted by atomic mass is 32.1. The van der Waals surface area contributed by atoms with Crippen LogP contribution in [0.2, 0.25) is 0 Å². The normalized spacial score (nSPS) is 21.4. The van der Waals surface area contributed by atoms with E-state index in [-0.39, 0.29) is 18.1 Å². The monoisotopic (exact) mass is 303 g/mol. The molecule has 21 heavy (non-hydrogen) atoms. The maximum absolute atomic E-state index is 12.1. The summed E-state index contributed by atoms with van der Waals surface area (Å²) in [6.07, 6.45) is 4.55. The molecule has 0 radical (unpaired) electrons. The Morgan fingerprint density at radius 1 is 1.57 bits per heavy atom. The first-order chi connectivity index (χ1) is 10.2. The lowest BCUT2D eigenvalue weighted by Gasteiger charge is -2.19. The molecular formula is C15H17N3O2S. The van der Waals surface area contributed by atoms with Crippen molar-refractivity contribution in [3.05, 3.63) is 46.2 Å². The lowest BCUT2D eigenvalue weighted by Crippen LogP contribution is -2.37. The predicted octanol–water partition coefficient (Wildman–Crippen LogP) is 2.04. The van der Waals surface area contributed by atoms with E-state index in [1.807, 2.05) is 24.4 Å². The molecule has 0 bridgehead atoms. The van der Waals surface area contributed by atoms with Gasteiger partial charge >= 0.3 is 0 Å². The molecule has 0 unspecified atom stereocenters. The number of carbonyl (C=O) groups excluding carboxylic acids is 1. The van der Waals surface area contributed by atoms with E-state index in [4.69, 9.17) is 4.74 Å². The summed E-state index contributed by atoms with van der Waals surface area (Å²) in [4.78, 5) is 20.6. The number of ether oxygens (including phenoxy) is 1. The summed E-state index contributed by atoms with van der Waals surface area (Å²) < 4.78 is 5.74. The van der Waals surface area contributed by atoms with Gasteiger partial charge in [-0.05, 0) is 19.4 Å². The number of nitrogens with one attached hydrogen (secondary N) is 1. The van der Waals surface area contributed by atoms with E-state index in [9.17, 15) is 4.79 Å². The van der Waals surface area contributed by atoms with Crippen LogP contribution < -0.4 is 5.32 Å². The first-order valence-corrected chi connectivity index (χ1v) is 7.82. The third-order valence-corrected chi connectivity index (χ3v) is 4.28. The molecule has 1 N–H and O–H groups in total. The minimum atomic E-state index is -0.111. The van der Waals surface area contributed by atoms with Crippen LogP contribution in [0.3, 0.4) is 0 Å². The van der Waals surface area contributed by atoms with Gasteiger partial charge in [-0.25, -0.2) is 4.98 Å². The lowest BCUT2D eigenvalue weighted by molar-refractivity contribution is -0.121. The summed E-state index contributed by atoms with van der Waals surface area (Å²) >= 11 is 1.56. The summed E-state index contributed by atoms with van der Waals surface area (Å²) in [5.41, 5.74) is 1.83. The van der Waals surface area contributed by atoms with Crippen LogP contribution in [0.5, 0.6) is 0 Å². The molecule has 3 heterocycles. The Balaban J connectivity index is 1.62. The van der Waals surface area contributed by atoms with Gasteiger partial charge in [0.25, 0.3) is 0 Å². The molecule has 0 aromatic carbocycles. The molecule has 2 aromatic heterocycles. The number of carbonyl (C=O) groups is 1. The maximum atomic E-state index is 12.1. The van der Waals surface area contributed by atoms with E-state index >= 15 is 0 Å². The van der Waals surface area contributed by atoms with Crippen LogP contribution in [0.15, 0.2) is 29.9 Å². The topological polar surface area (TPSA) is 64.1 Å². The van der Waals surface area contributed by atoms with E-state index in [0.717, 1.165) is 22.7 Å². The molecule has 1 fully saturated rings. The second-order valence-corrected chi connectivity index (χ2v) is 6.14. The number of rotatable bonds is 4. The van der Waals surface area contributed by atoms with Gasteiger partial charge in [-0.1, -0.05) is 6.07 Å². The fourth-order valence-corrected chi connectivity index (χ4v) is 3.13. The number of hydrogen-bond donors (Lipinski definition) is 1. The predicted molar refractivity (Wildman–Crippen MR) is 80.0 cm³/mol. The zero-order chi connectivity index (χ0) is 14.7. The molecule has 1 amide bonds. The van der Waals surface area contributed by atoms with Crippen molar-refractivity contribution in [2.45, 2.75) is 31.9 Å². The summed E-state index contributed by atoms with van der Waals surface area (Å²) in [7, 11) is 0. The molecule has 2 atom stereocenters. The van der Waals surface area contributed by atoms with Crippen molar-refractivity contribution in [1.29, 1.82) is 0 Å². The first kappa shape index (κ1) is 14.2. The van der Waals surface area contributed by atoms with Crippen LogP contribution in [0.4, 0.5) is 0 Å². The van der Waals surface area contributed by atoms with E-state index in [0.29, 0.717) is 13.0 Å². The SMILES string of the molecule is Cc1nc(CC(=O)N[C@H]2CCO[C@@H]2c2cccnc2)cs1. The van der Waals surface area contributed by atoms with Crippen molar-refractivity contribution in [2.75, 3.05) is 6.61 Å². The quantitative estimate of drug-likeness (QED) is 0.939. The lowest BCUT2D eigenvalue weighted by atomic mass is 10.0. The molecule has 1 saturated heterocycles. The van der Waals surface area contributed by atoms with Crippen LogP contribution in [-0.2, 0) is 16.0 Å². The number of hydrogen-bond acceptors (Lipinski definition) is 5. The Labute approximate surface area is 127 Å². The van der Waals surface area contributed by atoms with Crippen LogP contribution in [-0.4, -0.2) is 28.5 Å². The minimum absolute atomic E-state index is 0.00133. The van der Waals surface area contributed by atoms with Gasteiger partial charge in [-0.15, -0.1) is 11.3 Å². The van der Waals surface area contributed by atoms with Gasteiger partial charge in [-0.2, -0.15) is 0 Å². The van der Waals surface area contributed by atoms with Gasteiger partial charge < -0.3 is 10.1 Å². The Morgan fingerprint density at radius 3 is 3.19 bits per heavy atom. The largest absolute Gasteiger partial charge is 0.371 e. The van der Waals surface area contributed by atoms with Crippen molar-refractivity contribution < 1.29 is 9.53 Å². The zero-order valence-electron chi connectivity index (χ0n) is 11.8. The van der Waals surface area contributed by atoms with Gasteiger partial charge in [0.05, 0.1) is 23.2 Å². The van der Waals surface area contributed by atoms with Gasteiger partial charge in [0.15, 0.2) is 0 Å². The summed E-state index contributed by atoms with van der Waals surface area (Å²) in [5, 5.41) is 5.97. The second kappa shape index (κ2) is 6.32. The van der Waals surface area contributed by atoms with Crippen LogP contribution in [0.1, 0.15) is 28.8 Å². The van der Waals surface area contributed by atoms with Crippen molar-refractivity contribution in [3.8, 4) is 0 Å². The van der Waals surface area contributed by atoms with E-state index < -0.39 is 0 Å². The third-order valence-electron chi connectivity index (χ3n) is 3.46. The minimum Gasteiger partial charge on any atom is -0.371 e. The van der Waals surface area contributed by atoms with Gasteiger partial charge in [0.1, 0.15) is 6.10 Å². The molecule has 2 aromatic rings.